The Kier molecular flexibility index (Phi) is 6.50. The molecule has 1 unspecified atom stereocenters. The molecular formula is C28H31N3O2. The molecule has 33 heavy (non-hydrogen) atoms. The SMILES string of the molecule is CC(=O)Nc1cccc(C(=O)N2CCN(c3ccc(C)cc3C)C(c3ccc(C)cc3)C2)c1. The summed E-state index contributed by atoms with van der Waals surface area (Å²) >= 11 is 0. The number of hydrogen-bond donors (Lipinski definition) is 1. The van der Waals surface area contributed by atoms with E-state index in [1.54, 1.807) is 12.1 Å². The lowest BCUT2D eigenvalue weighted by atomic mass is 9.98. The Hall–Kier alpha value is -3.60. The molecule has 0 aliphatic carbocycles. The van der Waals surface area contributed by atoms with E-state index in [1.807, 2.05) is 17.0 Å². The molecule has 3 aromatic carbocycles. The van der Waals surface area contributed by atoms with Gasteiger partial charge in [0.15, 0.2) is 0 Å². The van der Waals surface area contributed by atoms with Crippen molar-refractivity contribution in [1.82, 2.24) is 4.90 Å². The van der Waals surface area contributed by atoms with Crippen molar-refractivity contribution < 1.29 is 9.59 Å². The van der Waals surface area contributed by atoms with Crippen LogP contribution in [0.15, 0.2) is 66.7 Å². The molecule has 1 heterocycles. The van der Waals surface area contributed by atoms with Gasteiger partial charge < -0.3 is 15.1 Å². The number of piperazine rings is 1. The van der Waals surface area contributed by atoms with E-state index in [-0.39, 0.29) is 17.9 Å². The number of carbonyl (C=O) groups is 2. The lowest BCUT2D eigenvalue weighted by molar-refractivity contribution is -0.114. The standard InChI is InChI=1S/C28H31N3O2/c1-19-8-11-23(12-9-19)27-18-30(14-15-31(27)26-13-10-20(2)16-21(26)3)28(33)24-6-5-7-25(17-24)29-22(4)32/h5-13,16-17,27H,14-15,18H2,1-4H3,(H,29,32). The number of nitrogens with one attached hydrogen (secondary N) is 1. The molecule has 5 heteroatoms. The summed E-state index contributed by atoms with van der Waals surface area (Å²) in [7, 11) is 0. The largest absolute Gasteiger partial charge is 0.361 e. The third-order valence-electron chi connectivity index (χ3n) is 6.22. The van der Waals surface area contributed by atoms with Gasteiger partial charge in [0.05, 0.1) is 6.04 Å². The molecular weight excluding hydrogens is 410 g/mol. The van der Waals surface area contributed by atoms with Crippen molar-refractivity contribution in [3.05, 3.63) is 94.5 Å². The van der Waals surface area contributed by atoms with Gasteiger partial charge in [-0.1, -0.05) is 53.6 Å². The molecule has 0 saturated carbocycles. The quantitative estimate of drug-likeness (QED) is 0.600. The predicted molar refractivity (Wildman–Crippen MR) is 134 cm³/mol. The van der Waals surface area contributed by atoms with Gasteiger partial charge in [0, 0.05) is 43.5 Å². The maximum atomic E-state index is 13.4. The number of anilines is 2. The average molecular weight is 442 g/mol. The van der Waals surface area contributed by atoms with Crippen LogP contribution in [0.3, 0.4) is 0 Å². The zero-order chi connectivity index (χ0) is 23.5. The summed E-state index contributed by atoms with van der Waals surface area (Å²) in [5.74, 6) is -0.166. The van der Waals surface area contributed by atoms with Crippen LogP contribution in [-0.4, -0.2) is 36.3 Å². The molecule has 3 aromatic rings. The summed E-state index contributed by atoms with van der Waals surface area (Å²) in [6.45, 7) is 9.80. The topological polar surface area (TPSA) is 52.7 Å². The van der Waals surface area contributed by atoms with Crippen LogP contribution in [0, 0.1) is 20.8 Å². The Morgan fingerprint density at radius 2 is 1.61 bits per heavy atom. The van der Waals surface area contributed by atoms with Crippen LogP contribution < -0.4 is 10.2 Å². The number of nitrogens with zero attached hydrogens (tertiary/aromatic N) is 2. The maximum absolute atomic E-state index is 13.4. The average Bonchev–Trinajstić information content (AvgIpc) is 2.79. The van der Waals surface area contributed by atoms with Crippen LogP contribution >= 0.6 is 0 Å². The molecule has 170 valence electrons. The fourth-order valence-corrected chi connectivity index (χ4v) is 4.57. The highest BCUT2D eigenvalue weighted by atomic mass is 16.2. The van der Waals surface area contributed by atoms with Crippen LogP contribution in [0.2, 0.25) is 0 Å². The Morgan fingerprint density at radius 3 is 2.30 bits per heavy atom. The molecule has 1 aliphatic rings. The van der Waals surface area contributed by atoms with Crippen LogP contribution in [0.5, 0.6) is 0 Å². The molecule has 1 aliphatic heterocycles. The second kappa shape index (κ2) is 9.49. The zero-order valence-electron chi connectivity index (χ0n) is 19.8. The molecule has 0 bridgehead atoms. The van der Waals surface area contributed by atoms with E-state index < -0.39 is 0 Å². The second-order valence-electron chi connectivity index (χ2n) is 8.92. The highest BCUT2D eigenvalue weighted by Gasteiger charge is 2.32. The molecule has 1 saturated heterocycles. The highest BCUT2D eigenvalue weighted by Crippen LogP contribution is 2.34. The molecule has 1 N–H and O–H groups in total. The fourth-order valence-electron chi connectivity index (χ4n) is 4.57. The minimum atomic E-state index is -0.152. The van der Waals surface area contributed by atoms with Gasteiger partial charge in [0.1, 0.15) is 0 Å². The van der Waals surface area contributed by atoms with Gasteiger partial charge in [-0.15, -0.1) is 0 Å². The smallest absolute Gasteiger partial charge is 0.254 e. The van der Waals surface area contributed by atoms with Gasteiger partial charge in [-0.25, -0.2) is 0 Å². The van der Waals surface area contributed by atoms with Gasteiger partial charge in [0.2, 0.25) is 5.91 Å². The Bertz CT molecular complexity index is 1170. The molecule has 2 amide bonds. The zero-order valence-corrected chi connectivity index (χ0v) is 19.8. The molecule has 0 aromatic heterocycles. The van der Waals surface area contributed by atoms with Gasteiger partial charge in [-0.05, 0) is 56.2 Å². The summed E-state index contributed by atoms with van der Waals surface area (Å²) in [5, 5.41) is 2.76. The summed E-state index contributed by atoms with van der Waals surface area (Å²) in [6.07, 6.45) is 0. The van der Waals surface area contributed by atoms with Gasteiger partial charge in [-0.2, -0.15) is 0 Å². The van der Waals surface area contributed by atoms with Crippen LogP contribution in [-0.2, 0) is 4.79 Å². The summed E-state index contributed by atoms with van der Waals surface area (Å²) < 4.78 is 0. The van der Waals surface area contributed by atoms with E-state index in [0.717, 1.165) is 6.54 Å². The first-order chi connectivity index (χ1) is 15.8. The fraction of sp³-hybridized carbons (Fsp3) is 0.286. The number of aryl methyl sites for hydroxylation is 3. The minimum absolute atomic E-state index is 0.0143. The molecule has 0 radical (unpaired) electrons. The van der Waals surface area contributed by atoms with Crippen molar-refractivity contribution in [3.63, 3.8) is 0 Å². The predicted octanol–water partition coefficient (Wildman–Crippen LogP) is 5.27. The number of benzene rings is 3. The van der Waals surface area contributed by atoms with Gasteiger partial charge in [0.25, 0.3) is 5.91 Å². The second-order valence-corrected chi connectivity index (χ2v) is 8.92. The van der Waals surface area contributed by atoms with Gasteiger partial charge in [-0.3, -0.25) is 9.59 Å². The molecule has 4 rings (SSSR count). The first kappa shape index (κ1) is 22.6. The third kappa shape index (κ3) is 5.08. The van der Waals surface area contributed by atoms with Crippen molar-refractivity contribution in [2.24, 2.45) is 0 Å². The van der Waals surface area contributed by atoms with E-state index in [1.165, 1.54) is 34.9 Å². The lowest BCUT2D eigenvalue weighted by Gasteiger charge is -2.43. The molecule has 1 atom stereocenters. The van der Waals surface area contributed by atoms with E-state index >= 15 is 0 Å². The van der Waals surface area contributed by atoms with Crippen molar-refractivity contribution in [3.8, 4) is 0 Å². The lowest BCUT2D eigenvalue weighted by Crippen LogP contribution is -2.50. The third-order valence-corrected chi connectivity index (χ3v) is 6.22. The van der Waals surface area contributed by atoms with Crippen molar-refractivity contribution in [2.75, 3.05) is 29.9 Å². The summed E-state index contributed by atoms with van der Waals surface area (Å²) in [4.78, 5) is 29.2. The molecule has 1 fully saturated rings. The van der Waals surface area contributed by atoms with Crippen LogP contribution in [0.4, 0.5) is 11.4 Å². The van der Waals surface area contributed by atoms with E-state index in [9.17, 15) is 9.59 Å². The first-order valence-corrected chi connectivity index (χ1v) is 11.4. The molecule has 0 spiro atoms. The summed E-state index contributed by atoms with van der Waals surface area (Å²) in [5.41, 5.74) is 7.35. The van der Waals surface area contributed by atoms with E-state index in [4.69, 9.17) is 0 Å². The minimum Gasteiger partial charge on any atom is -0.361 e. The summed E-state index contributed by atoms with van der Waals surface area (Å²) in [6, 6.07) is 22.4. The number of amides is 2. The van der Waals surface area contributed by atoms with E-state index in [2.05, 4.69) is 73.5 Å². The molecule has 5 nitrogen and oxygen atoms in total. The van der Waals surface area contributed by atoms with Crippen molar-refractivity contribution in [1.29, 1.82) is 0 Å². The van der Waals surface area contributed by atoms with Crippen molar-refractivity contribution >= 4 is 23.2 Å². The monoisotopic (exact) mass is 441 g/mol. The Balaban J connectivity index is 1.64. The number of hydrogen-bond acceptors (Lipinski definition) is 3. The maximum Gasteiger partial charge on any atom is 0.254 e. The van der Waals surface area contributed by atoms with Gasteiger partial charge >= 0.3 is 0 Å². The Labute approximate surface area is 196 Å². The van der Waals surface area contributed by atoms with E-state index in [0.29, 0.717) is 24.3 Å². The number of rotatable bonds is 4. The number of carbonyl (C=O) groups excluding carboxylic acids is 2. The first-order valence-electron chi connectivity index (χ1n) is 11.4. The van der Waals surface area contributed by atoms with Crippen LogP contribution in [0.1, 0.15) is 45.6 Å². The highest BCUT2D eigenvalue weighted by molar-refractivity contribution is 5.97. The Morgan fingerprint density at radius 1 is 0.879 bits per heavy atom. The normalized spacial score (nSPS) is 15.9. The van der Waals surface area contributed by atoms with Crippen molar-refractivity contribution in [2.45, 2.75) is 33.7 Å². The van der Waals surface area contributed by atoms with Crippen LogP contribution in [0.25, 0.3) is 0 Å².